The van der Waals surface area contributed by atoms with Crippen LogP contribution >= 0.6 is 0 Å². The highest BCUT2D eigenvalue weighted by Gasteiger charge is 2.42. The van der Waals surface area contributed by atoms with Gasteiger partial charge in [0.15, 0.2) is 0 Å². The maximum atomic E-state index is 12.2. The SMILES string of the molecule is C=C1OB(c2ccc(NC(=O)N(C)CCCN(C)C)cc2)OC1(C)C. The van der Waals surface area contributed by atoms with Crippen molar-refractivity contribution in [2.45, 2.75) is 25.9 Å². The predicted molar refractivity (Wildman–Crippen MR) is 102 cm³/mol. The zero-order chi connectivity index (χ0) is 18.6. The van der Waals surface area contributed by atoms with Crippen LogP contribution in [-0.2, 0) is 9.31 Å². The van der Waals surface area contributed by atoms with Crippen molar-refractivity contribution in [2.24, 2.45) is 0 Å². The number of nitrogens with one attached hydrogen (secondary N) is 1. The summed E-state index contributed by atoms with van der Waals surface area (Å²) in [4.78, 5) is 16.0. The van der Waals surface area contributed by atoms with Gasteiger partial charge in [-0.15, -0.1) is 0 Å². The van der Waals surface area contributed by atoms with Crippen molar-refractivity contribution in [1.29, 1.82) is 0 Å². The fraction of sp³-hybridized carbons (Fsp3) is 0.500. The summed E-state index contributed by atoms with van der Waals surface area (Å²) in [5.41, 5.74) is 1.14. The first kappa shape index (κ1) is 19.3. The van der Waals surface area contributed by atoms with Gasteiger partial charge >= 0.3 is 13.1 Å². The zero-order valence-corrected chi connectivity index (χ0v) is 15.8. The molecule has 0 spiro atoms. The molecule has 136 valence electrons. The van der Waals surface area contributed by atoms with Crippen LogP contribution < -0.4 is 10.8 Å². The van der Waals surface area contributed by atoms with Crippen LogP contribution in [0.5, 0.6) is 0 Å². The molecule has 2 rings (SSSR count). The van der Waals surface area contributed by atoms with E-state index in [1.807, 2.05) is 52.2 Å². The van der Waals surface area contributed by atoms with Crippen molar-refractivity contribution in [1.82, 2.24) is 9.80 Å². The van der Waals surface area contributed by atoms with E-state index in [0.29, 0.717) is 12.3 Å². The third-order valence-corrected chi connectivity index (χ3v) is 4.20. The monoisotopic (exact) mass is 345 g/mol. The Bertz CT molecular complexity index is 616. The number of hydrogen-bond acceptors (Lipinski definition) is 4. The lowest BCUT2D eigenvalue weighted by Gasteiger charge is -2.19. The molecule has 0 aromatic heterocycles. The van der Waals surface area contributed by atoms with Crippen molar-refractivity contribution >= 4 is 24.3 Å². The third-order valence-electron chi connectivity index (χ3n) is 4.20. The first-order valence-electron chi connectivity index (χ1n) is 8.50. The normalized spacial score (nSPS) is 16.1. The number of anilines is 1. The molecule has 0 saturated carbocycles. The summed E-state index contributed by atoms with van der Waals surface area (Å²) in [5.74, 6) is 0.620. The molecule has 1 aromatic rings. The second-order valence-corrected chi connectivity index (χ2v) is 7.13. The molecule has 0 radical (unpaired) electrons. The maximum absolute atomic E-state index is 12.2. The number of amides is 2. The van der Waals surface area contributed by atoms with E-state index < -0.39 is 12.7 Å². The number of carbonyl (C=O) groups is 1. The highest BCUT2D eigenvalue weighted by atomic mass is 16.7. The Morgan fingerprint density at radius 2 is 1.84 bits per heavy atom. The van der Waals surface area contributed by atoms with Gasteiger partial charge in [0.2, 0.25) is 0 Å². The lowest BCUT2D eigenvalue weighted by molar-refractivity contribution is 0.173. The van der Waals surface area contributed by atoms with E-state index in [4.69, 9.17) is 9.31 Å². The summed E-state index contributed by atoms with van der Waals surface area (Å²) in [6, 6.07) is 7.36. The second-order valence-electron chi connectivity index (χ2n) is 7.13. The van der Waals surface area contributed by atoms with Gasteiger partial charge in [-0.05, 0) is 58.5 Å². The minimum absolute atomic E-state index is 0.116. The summed E-state index contributed by atoms with van der Waals surface area (Å²) >= 11 is 0. The lowest BCUT2D eigenvalue weighted by atomic mass is 9.79. The lowest BCUT2D eigenvalue weighted by Crippen LogP contribution is -2.35. The van der Waals surface area contributed by atoms with E-state index in [2.05, 4.69) is 16.8 Å². The van der Waals surface area contributed by atoms with Crippen LogP contribution in [0.3, 0.4) is 0 Å². The summed E-state index contributed by atoms with van der Waals surface area (Å²) in [5, 5.41) is 2.90. The smallest absolute Gasteiger partial charge is 0.534 e. The minimum atomic E-state index is -0.493. The van der Waals surface area contributed by atoms with Crippen LogP contribution in [0.15, 0.2) is 36.6 Å². The second kappa shape index (κ2) is 7.93. The van der Waals surface area contributed by atoms with Crippen LogP contribution in [-0.4, -0.2) is 62.8 Å². The molecular formula is C18H28BN3O3. The summed E-state index contributed by atoms with van der Waals surface area (Å²) in [7, 11) is 5.39. The number of benzene rings is 1. The molecule has 1 fully saturated rings. The van der Waals surface area contributed by atoms with Crippen LogP contribution in [0.2, 0.25) is 0 Å². The Morgan fingerprint density at radius 1 is 1.20 bits per heavy atom. The van der Waals surface area contributed by atoms with Gasteiger partial charge in [-0.25, -0.2) is 4.79 Å². The Hall–Kier alpha value is -1.99. The molecule has 0 bridgehead atoms. The van der Waals surface area contributed by atoms with Crippen LogP contribution in [0.4, 0.5) is 10.5 Å². The highest BCUT2D eigenvalue weighted by molar-refractivity contribution is 6.62. The van der Waals surface area contributed by atoms with E-state index in [-0.39, 0.29) is 6.03 Å². The standard InChI is InChI=1S/C18H28BN3O3/c1-14-18(2,3)25-19(24-14)15-8-10-16(11-9-15)20-17(23)22(6)13-7-12-21(4)5/h8-11H,1,7,12-13H2,2-6H3,(H,20,23). The minimum Gasteiger partial charge on any atom is -0.534 e. The van der Waals surface area contributed by atoms with Crippen LogP contribution in [0.25, 0.3) is 0 Å². The van der Waals surface area contributed by atoms with E-state index in [9.17, 15) is 4.79 Å². The Kier molecular flexibility index (Phi) is 6.13. The molecule has 1 heterocycles. The molecule has 7 heteroatoms. The topological polar surface area (TPSA) is 54.0 Å². The molecule has 2 amide bonds. The van der Waals surface area contributed by atoms with E-state index in [1.54, 1.807) is 11.9 Å². The van der Waals surface area contributed by atoms with Gasteiger partial charge in [-0.1, -0.05) is 18.7 Å². The van der Waals surface area contributed by atoms with Gasteiger partial charge in [0, 0.05) is 19.3 Å². The molecule has 0 atom stereocenters. The van der Waals surface area contributed by atoms with E-state index in [1.165, 1.54) is 0 Å². The summed E-state index contributed by atoms with van der Waals surface area (Å²) in [6.45, 7) is 9.40. The molecule has 25 heavy (non-hydrogen) atoms. The van der Waals surface area contributed by atoms with Crippen molar-refractivity contribution in [2.75, 3.05) is 39.5 Å². The molecule has 0 unspecified atom stereocenters. The molecular weight excluding hydrogens is 317 g/mol. The van der Waals surface area contributed by atoms with E-state index >= 15 is 0 Å². The number of hydrogen-bond donors (Lipinski definition) is 1. The molecule has 6 nitrogen and oxygen atoms in total. The number of urea groups is 1. The Morgan fingerprint density at radius 3 is 2.36 bits per heavy atom. The molecule has 1 saturated heterocycles. The van der Waals surface area contributed by atoms with Gasteiger partial charge in [0.25, 0.3) is 0 Å². The van der Waals surface area contributed by atoms with Crippen LogP contribution in [0, 0.1) is 0 Å². The van der Waals surface area contributed by atoms with Gasteiger partial charge in [0.05, 0.1) is 5.76 Å². The van der Waals surface area contributed by atoms with Gasteiger partial charge in [0.1, 0.15) is 5.60 Å². The zero-order valence-electron chi connectivity index (χ0n) is 15.8. The molecule has 0 aliphatic carbocycles. The predicted octanol–water partition coefficient (Wildman–Crippen LogP) is 2.14. The molecule has 1 aromatic carbocycles. The van der Waals surface area contributed by atoms with Crippen molar-refractivity contribution in [3.63, 3.8) is 0 Å². The fourth-order valence-corrected chi connectivity index (χ4v) is 2.43. The average Bonchev–Trinajstić information content (AvgIpc) is 2.81. The van der Waals surface area contributed by atoms with Crippen LogP contribution in [0.1, 0.15) is 20.3 Å². The molecule has 1 N–H and O–H groups in total. The summed E-state index contributed by atoms with van der Waals surface area (Å²) in [6.07, 6.45) is 0.936. The van der Waals surface area contributed by atoms with Gasteiger partial charge in [-0.3, -0.25) is 0 Å². The van der Waals surface area contributed by atoms with Crippen molar-refractivity contribution < 1.29 is 14.1 Å². The van der Waals surface area contributed by atoms with Crippen molar-refractivity contribution in [3.05, 3.63) is 36.6 Å². The molecule has 1 aliphatic rings. The number of rotatable bonds is 6. The molecule has 1 aliphatic heterocycles. The first-order valence-corrected chi connectivity index (χ1v) is 8.50. The Labute approximate surface area is 150 Å². The first-order chi connectivity index (χ1) is 11.7. The average molecular weight is 345 g/mol. The van der Waals surface area contributed by atoms with Crippen molar-refractivity contribution in [3.8, 4) is 0 Å². The highest BCUT2D eigenvalue weighted by Crippen LogP contribution is 2.29. The number of nitrogens with zero attached hydrogens (tertiary/aromatic N) is 2. The van der Waals surface area contributed by atoms with Gasteiger partial charge < -0.3 is 24.4 Å². The quantitative estimate of drug-likeness (QED) is 0.803. The number of carbonyl (C=O) groups excluding carboxylic acids is 1. The fourth-order valence-electron chi connectivity index (χ4n) is 2.43. The maximum Gasteiger partial charge on any atom is 0.563 e. The third kappa shape index (κ3) is 5.24. The largest absolute Gasteiger partial charge is 0.563 e. The van der Waals surface area contributed by atoms with Gasteiger partial charge in [-0.2, -0.15) is 0 Å². The van der Waals surface area contributed by atoms with E-state index in [0.717, 1.165) is 24.1 Å². The Balaban J connectivity index is 1.88. The summed E-state index contributed by atoms with van der Waals surface area (Å²) < 4.78 is 11.5.